The SMILES string of the molecule is COC(=O)C1CCN(CC(=O)Nc2ccccc2Sc2ccc(Cl)cc2)CC1. The Balaban J connectivity index is 1.56. The number of piperidine rings is 1. The summed E-state index contributed by atoms with van der Waals surface area (Å²) in [5.74, 6) is -0.265. The molecule has 0 aromatic heterocycles. The Labute approximate surface area is 174 Å². The average Bonchev–Trinajstić information content (AvgIpc) is 2.71. The molecule has 148 valence electrons. The summed E-state index contributed by atoms with van der Waals surface area (Å²) in [6, 6.07) is 15.4. The van der Waals surface area contributed by atoms with Crippen LogP contribution >= 0.6 is 23.4 Å². The van der Waals surface area contributed by atoms with E-state index >= 15 is 0 Å². The third-order valence-electron chi connectivity index (χ3n) is 4.69. The fourth-order valence-electron chi connectivity index (χ4n) is 3.17. The van der Waals surface area contributed by atoms with Crippen LogP contribution in [0.2, 0.25) is 5.02 Å². The van der Waals surface area contributed by atoms with Gasteiger partial charge in [-0.3, -0.25) is 14.5 Å². The number of benzene rings is 2. The second-order valence-corrected chi connectivity index (χ2v) is 8.23. The number of hydrogen-bond donors (Lipinski definition) is 1. The molecule has 0 saturated carbocycles. The molecule has 2 aromatic carbocycles. The van der Waals surface area contributed by atoms with Crippen molar-refractivity contribution in [2.45, 2.75) is 22.6 Å². The molecule has 1 aliphatic rings. The van der Waals surface area contributed by atoms with Crippen molar-refractivity contribution in [2.75, 3.05) is 32.1 Å². The zero-order chi connectivity index (χ0) is 19.9. The van der Waals surface area contributed by atoms with Crippen LogP contribution in [-0.2, 0) is 14.3 Å². The van der Waals surface area contributed by atoms with E-state index in [-0.39, 0.29) is 17.8 Å². The van der Waals surface area contributed by atoms with Crippen molar-refractivity contribution < 1.29 is 14.3 Å². The van der Waals surface area contributed by atoms with Crippen molar-refractivity contribution >= 4 is 40.9 Å². The summed E-state index contributed by atoms with van der Waals surface area (Å²) in [4.78, 5) is 28.2. The van der Waals surface area contributed by atoms with Crippen molar-refractivity contribution in [2.24, 2.45) is 5.92 Å². The summed E-state index contributed by atoms with van der Waals surface area (Å²) in [5, 5.41) is 3.71. The number of carbonyl (C=O) groups excluding carboxylic acids is 2. The molecule has 0 spiro atoms. The first-order valence-corrected chi connectivity index (χ1v) is 10.4. The highest BCUT2D eigenvalue weighted by molar-refractivity contribution is 7.99. The van der Waals surface area contributed by atoms with Crippen molar-refractivity contribution in [3.63, 3.8) is 0 Å². The monoisotopic (exact) mass is 418 g/mol. The second kappa shape index (κ2) is 9.96. The highest BCUT2D eigenvalue weighted by Gasteiger charge is 2.26. The van der Waals surface area contributed by atoms with Crippen LogP contribution in [0, 0.1) is 5.92 Å². The van der Waals surface area contributed by atoms with E-state index in [1.807, 2.05) is 48.5 Å². The van der Waals surface area contributed by atoms with Crippen LogP contribution in [0.4, 0.5) is 5.69 Å². The number of nitrogens with zero attached hydrogens (tertiary/aromatic N) is 1. The summed E-state index contributed by atoms with van der Waals surface area (Å²) in [7, 11) is 1.42. The first-order chi connectivity index (χ1) is 13.5. The predicted molar refractivity (Wildman–Crippen MR) is 112 cm³/mol. The first kappa shape index (κ1) is 20.7. The Morgan fingerprint density at radius 1 is 1.14 bits per heavy atom. The van der Waals surface area contributed by atoms with E-state index in [2.05, 4.69) is 10.2 Å². The molecule has 1 aliphatic heterocycles. The van der Waals surface area contributed by atoms with Crippen LogP contribution in [-0.4, -0.2) is 43.5 Å². The number of amides is 1. The average molecular weight is 419 g/mol. The molecule has 0 unspecified atom stereocenters. The van der Waals surface area contributed by atoms with Gasteiger partial charge in [-0.1, -0.05) is 35.5 Å². The lowest BCUT2D eigenvalue weighted by atomic mass is 9.97. The summed E-state index contributed by atoms with van der Waals surface area (Å²) in [6.45, 7) is 1.75. The molecule has 0 aliphatic carbocycles. The zero-order valence-corrected chi connectivity index (χ0v) is 17.3. The first-order valence-electron chi connectivity index (χ1n) is 9.17. The summed E-state index contributed by atoms with van der Waals surface area (Å²) in [6.07, 6.45) is 1.45. The maximum absolute atomic E-state index is 12.5. The van der Waals surface area contributed by atoms with Crippen LogP contribution in [0.25, 0.3) is 0 Å². The van der Waals surface area contributed by atoms with Crippen molar-refractivity contribution in [3.8, 4) is 0 Å². The van der Waals surface area contributed by atoms with Crippen molar-refractivity contribution in [3.05, 3.63) is 53.6 Å². The largest absolute Gasteiger partial charge is 0.469 e. The molecular weight excluding hydrogens is 396 g/mol. The minimum Gasteiger partial charge on any atom is -0.469 e. The van der Waals surface area contributed by atoms with Crippen LogP contribution in [0.15, 0.2) is 58.3 Å². The standard InChI is InChI=1S/C21H23ClN2O3S/c1-27-21(26)15-10-12-24(13-11-15)14-20(25)23-18-4-2-3-5-19(18)28-17-8-6-16(22)7-9-17/h2-9,15H,10-14H2,1H3,(H,23,25). The second-order valence-electron chi connectivity index (χ2n) is 6.67. The van der Waals surface area contributed by atoms with Gasteiger partial charge in [0.2, 0.25) is 5.91 Å². The van der Waals surface area contributed by atoms with Gasteiger partial charge in [-0.05, 0) is 62.3 Å². The minimum absolute atomic E-state index is 0.0548. The molecule has 1 fully saturated rings. The Morgan fingerprint density at radius 2 is 1.82 bits per heavy atom. The lowest BCUT2D eigenvalue weighted by Crippen LogP contribution is -2.41. The van der Waals surface area contributed by atoms with Gasteiger partial charge in [0.15, 0.2) is 0 Å². The number of para-hydroxylation sites is 1. The van der Waals surface area contributed by atoms with Crippen LogP contribution in [0.5, 0.6) is 0 Å². The van der Waals surface area contributed by atoms with Crippen molar-refractivity contribution in [1.82, 2.24) is 4.90 Å². The smallest absolute Gasteiger partial charge is 0.308 e. The van der Waals surface area contributed by atoms with Crippen LogP contribution < -0.4 is 5.32 Å². The van der Waals surface area contributed by atoms with Crippen LogP contribution in [0.1, 0.15) is 12.8 Å². The molecule has 1 amide bonds. The Bertz CT molecular complexity index is 821. The van der Waals surface area contributed by atoms with Gasteiger partial charge in [0, 0.05) is 14.8 Å². The van der Waals surface area contributed by atoms with Gasteiger partial charge < -0.3 is 10.1 Å². The van der Waals surface area contributed by atoms with Gasteiger partial charge in [-0.2, -0.15) is 0 Å². The van der Waals surface area contributed by atoms with E-state index in [0.717, 1.165) is 28.3 Å². The van der Waals surface area contributed by atoms with Gasteiger partial charge in [0.1, 0.15) is 0 Å². The number of esters is 1. The molecule has 7 heteroatoms. The van der Waals surface area contributed by atoms with Gasteiger partial charge in [0.05, 0.1) is 25.3 Å². The summed E-state index contributed by atoms with van der Waals surface area (Å²) >= 11 is 7.52. The number of carbonyl (C=O) groups is 2. The number of likely N-dealkylation sites (tertiary alicyclic amines) is 1. The normalized spacial score (nSPS) is 15.2. The molecule has 2 aromatic rings. The molecular formula is C21H23ClN2O3S. The molecule has 0 bridgehead atoms. The number of rotatable bonds is 6. The third-order valence-corrected chi connectivity index (χ3v) is 6.03. The maximum Gasteiger partial charge on any atom is 0.308 e. The van der Waals surface area contributed by atoms with E-state index in [4.69, 9.17) is 16.3 Å². The number of anilines is 1. The molecule has 5 nitrogen and oxygen atoms in total. The number of methoxy groups -OCH3 is 1. The number of halogens is 1. The third kappa shape index (κ3) is 5.74. The lowest BCUT2D eigenvalue weighted by Gasteiger charge is -2.30. The maximum atomic E-state index is 12.5. The quantitative estimate of drug-likeness (QED) is 0.708. The van der Waals surface area contributed by atoms with Gasteiger partial charge in [-0.25, -0.2) is 0 Å². The molecule has 1 N–H and O–H groups in total. The topological polar surface area (TPSA) is 58.6 Å². The van der Waals surface area contributed by atoms with Crippen molar-refractivity contribution in [1.29, 1.82) is 0 Å². The Kier molecular flexibility index (Phi) is 7.36. The molecule has 28 heavy (non-hydrogen) atoms. The predicted octanol–water partition coefficient (Wildman–Crippen LogP) is 4.31. The molecule has 1 heterocycles. The van der Waals surface area contributed by atoms with E-state index in [1.54, 1.807) is 11.8 Å². The fraction of sp³-hybridized carbons (Fsp3) is 0.333. The van der Waals surface area contributed by atoms with E-state index in [0.29, 0.717) is 24.7 Å². The highest BCUT2D eigenvalue weighted by atomic mass is 35.5. The molecule has 3 rings (SSSR count). The summed E-state index contributed by atoms with van der Waals surface area (Å²) < 4.78 is 4.81. The summed E-state index contributed by atoms with van der Waals surface area (Å²) in [5.41, 5.74) is 0.789. The molecule has 0 radical (unpaired) electrons. The van der Waals surface area contributed by atoms with Gasteiger partial charge in [-0.15, -0.1) is 0 Å². The van der Waals surface area contributed by atoms with E-state index < -0.39 is 0 Å². The van der Waals surface area contributed by atoms with Gasteiger partial charge >= 0.3 is 5.97 Å². The highest BCUT2D eigenvalue weighted by Crippen LogP contribution is 2.33. The Hall–Kier alpha value is -2.02. The van der Waals surface area contributed by atoms with Gasteiger partial charge in [0.25, 0.3) is 0 Å². The zero-order valence-electron chi connectivity index (χ0n) is 15.7. The fourth-order valence-corrected chi connectivity index (χ4v) is 4.20. The number of hydrogen-bond acceptors (Lipinski definition) is 5. The van der Waals surface area contributed by atoms with E-state index in [1.165, 1.54) is 7.11 Å². The molecule has 1 saturated heterocycles. The number of ether oxygens (including phenoxy) is 1. The Morgan fingerprint density at radius 3 is 2.50 bits per heavy atom. The number of nitrogens with one attached hydrogen (secondary N) is 1. The molecule has 0 atom stereocenters. The van der Waals surface area contributed by atoms with E-state index in [9.17, 15) is 9.59 Å². The van der Waals surface area contributed by atoms with Crippen LogP contribution in [0.3, 0.4) is 0 Å². The minimum atomic E-state index is -0.155. The lowest BCUT2D eigenvalue weighted by molar-refractivity contribution is -0.147.